The standard InChI is InChI=1S/C20H16N4O/c1-14-8-7-12-17(21-14)19(25)23-20-22-16-11-5-6-13-18(16)24(20)15-9-3-2-4-10-15/h2-13H,1H3,(H,22,23,25). The van der Waals surface area contributed by atoms with Gasteiger partial charge in [0.05, 0.1) is 11.0 Å². The lowest BCUT2D eigenvalue weighted by molar-refractivity contribution is 0.102. The lowest BCUT2D eigenvalue weighted by Crippen LogP contribution is -2.17. The summed E-state index contributed by atoms with van der Waals surface area (Å²) >= 11 is 0. The Balaban J connectivity index is 1.80. The number of nitrogens with one attached hydrogen (secondary N) is 1. The molecule has 0 aliphatic rings. The van der Waals surface area contributed by atoms with Gasteiger partial charge < -0.3 is 0 Å². The Labute approximate surface area is 145 Å². The topological polar surface area (TPSA) is 59.8 Å². The molecule has 0 atom stereocenters. The first-order valence-corrected chi connectivity index (χ1v) is 8.00. The normalized spacial score (nSPS) is 10.8. The van der Waals surface area contributed by atoms with Gasteiger partial charge in [0.25, 0.3) is 5.91 Å². The zero-order valence-electron chi connectivity index (χ0n) is 13.7. The van der Waals surface area contributed by atoms with E-state index in [1.165, 1.54) is 0 Å². The predicted molar refractivity (Wildman–Crippen MR) is 98.0 cm³/mol. The Hall–Kier alpha value is -3.47. The summed E-state index contributed by atoms with van der Waals surface area (Å²) in [6, 6.07) is 23.0. The molecule has 1 amide bonds. The van der Waals surface area contributed by atoms with E-state index in [9.17, 15) is 4.79 Å². The Morgan fingerprint density at radius 1 is 0.880 bits per heavy atom. The van der Waals surface area contributed by atoms with Crippen molar-refractivity contribution >= 4 is 22.9 Å². The molecule has 0 aliphatic carbocycles. The number of para-hydroxylation sites is 3. The highest BCUT2D eigenvalue weighted by Gasteiger charge is 2.16. The number of rotatable bonds is 3. The number of hydrogen-bond acceptors (Lipinski definition) is 3. The average molecular weight is 328 g/mol. The highest BCUT2D eigenvalue weighted by molar-refractivity contribution is 6.03. The first kappa shape index (κ1) is 15.1. The van der Waals surface area contributed by atoms with Gasteiger partial charge in [0.1, 0.15) is 5.69 Å². The van der Waals surface area contributed by atoms with Crippen LogP contribution in [0.15, 0.2) is 72.8 Å². The maximum Gasteiger partial charge on any atom is 0.276 e. The minimum atomic E-state index is -0.281. The third-order valence-electron chi connectivity index (χ3n) is 3.92. The summed E-state index contributed by atoms with van der Waals surface area (Å²) in [7, 11) is 0. The van der Waals surface area contributed by atoms with Gasteiger partial charge in [-0.2, -0.15) is 0 Å². The van der Waals surface area contributed by atoms with Gasteiger partial charge in [-0.3, -0.25) is 14.7 Å². The van der Waals surface area contributed by atoms with Crippen LogP contribution in [0.3, 0.4) is 0 Å². The average Bonchev–Trinajstić information content (AvgIpc) is 3.00. The van der Waals surface area contributed by atoms with Crippen molar-refractivity contribution in [2.75, 3.05) is 5.32 Å². The van der Waals surface area contributed by atoms with Crippen molar-refractivity contribution in [3.63, 3.8) is 0 Å². The van der Waals surface area contributed by atoms with Crippen LogP contribution < -0.4 is 5.32 Å². The zero-order valence-corrected chi connectivity index (χ0v) is 13.7. The van der Waals surface area contributed by atoms with Crippen LogP contribution in [0.25, 0.3) is 16.7 Å². The summed E-state index contributed by atoms with van der Waals surface area (Å²) in [5.41, 5.74) is 3.85. The van der Waals surface area contributed by atoms with Crippen LogP contribution in [-0.2, 0) is 0 Å². The first-order valence-electron chi connectivity index (χ1n) is 8.00. The maximum atomic E-state index is 12.6. The van der Waals surface area contributed by atoms with E-state index in [2.05, 4.69) is 15.3 Å². The van der Waals surface area contributed by atoms with Crippen LogP contribution in [0, 0.1) is 6.92 Å². The number of hydrogen-bond donors (Lipinski definition) is 1. The Morgan fingerprint density at radius 2 is 1.64 bits per heavy atom. The third-order valence-corrected chi connectivity index (χ3v) is 3.92. The number of carbonyl (C=O) groups is 1. The first-order chi connectivity index (χ1) is 12.2. The number of aryl methyl sites for hydroxylation is 1. The molecule has 0 fully saturated rings. The number of benzene rings is 2. The monoisotopic (exact) mass is 328 g/mol. The molecule has 0 spiro atoms. The lowest BCUT2D eigenvalue weighted by Gasteiger charge is -2.10. The van der Waals surface area contributed by atoms with E-state index < -0.39 is 0 Å². The highest BCUT2D eigenvalue weighted by Crippen LogP contribution is 2.24. The molecule has 1 N–H and O–H groups in total. The minimum absolute atomic E-state index is 0.281. The molecule has 2 aromatic carbocycles. The van der Waals surface area contributed by atoms with Crippen molar-refractivity contribution in [3.8, 4) is 5.69 Å². The summed E-state index contributed by atoms with van der Waals surface area (Å²) in [6.45, 7) is 1.86. The van der Waals surface area contributed by atoms with Crippen LogP contribution in [0.4, 0.5) is 5.95 Å². The largest absolute Gasteiger partial charge is 0.290 e. The number of carbonyl (C=O) groups excluding carboxylic acids is 1. The second-order valence-electron chi connectivity index (χ2n) is 5.71. The summed E-state index contributed by atoms with van der Waals surface area (Å²) in [6.07, 6.45) is 0. The molecular formula is C20H16N4O. The predicted octanol–water partition coefficient (Wildman–Crippen LogP) is 3.98. The number of fused-ring (bicyclic) bond motifs is 1. The fourth-order valence-electron chi connectivity index (χ4n) is 2.78. The highest BCUT2D eigenvalue weighted by atomic mass is 16.2. The second-order valence-corrected chi connectivity index (χ2v) is 5.71. The second kappa shape index (κ2) is 6.20. The molecule has 0 saturated heterocycles. The van der Waals surface area contributed by atoms with Gasteiger partial charge in [0.2, 0.25) is 5.95 Å². The van der Waals surface area contributed by atoms with Crippen LogP contribution >= 0.6 is 0 Å². The van der Waals surface area contributed by atoms with Gasteiger partial charge in [-0.05, 0) is 43.3 Å². The summed E-state index contributed by atoms with van der Waals surface area (Å²) in [5.74, 6) is 0.192. The molecule has 2 aromatic heterocycles. The van der Waals surface area contributed by atoms with Gasteiger partial charge in [0, 0.05) is 11.4 Å². The molecule has 0 unspecified atom stereocenters. The van der Waals surface area contributed by atoms with E-state index in [1.807, 2.05) is 78.2 Å². The van der Waals surface area contributed by atoms with Gasteiger partial charge in [-0.1, -0.05) is 36.4 Å². The van der Waals surface area contributed by atoms with Crippen molar-refractivity contribution in [1.82, 2.24) is 14.5 Å². The fourth-order valence-corrected chi connectivity index (χ4v) is 2.78. The number of anilines is 1. The Morgan fingerprint density at radius 3 is 2.44 bits per heavy atom. The van der Waals surface area contributed by atoms with Gasteiger partial charge in [-0.25, -0.2) is 9.97 Å². The Bertz CT molecular complexity index is 1050. The number of aromatic nitrogens is 3. The van der Waals surface area contributed by atoms with Crippen molar-refractivity contribution < 1.29 is 4.79 Å². The SMILES string of the molecule is Cc1cccc(C(=O)Nc2nc3ccccc3n2-c2ccccc2)n1. The third kappa shape index (κ3) is 2.87. The summed E-state index contributed by atoms with van der Waals surface area (Å²) < 4.78 is 1.93. The number of imidazole rings is 1. The molecule has 0 aliphatic heterocycles. The Kier molecular flexibility index (Phi) is 3.74. The van der Waals surface area contributed by atoms with Crippen LogP contribution in [0.1, 0.15) is 16.2 Å². The van der Waals surface area contributed by atoms with E-state index >= 15 is 0 Å². The summed E-state index contributed by atoms with van der Waals surface area (Å²) in [4.78, 5) is 21.5. The fraction of sp³-hybridized carbons (Fsp3) is 0.0500. The zero-order chi connectivity index (χ0) is 17.2. The molecule has 4 aromatic rings. The summed E-state index contributed by atoms with van der Waals surface area (Å²) in [5, 5.41) is 2.89. The molecule has 122 valence electrons. The molecule has 4 rings (SSSR count). The van der Waals surface area contributed by atoms with Crippen molar-refractivity contribution in [1.29, 1.82) is 0 Å². The molecule has 5 heteroatoms. The van der Waals surface area contributed by atoms with E-state index in [0.717, 1.165) is 22.4 Å². The molecular weight excluding hydrogens is 312 g/mol. The minimum Gasteiger partial charge on any atom is -0.290 e. The van der Waals surface area contributed by atoms with Crippen LogP contribution in [-0.4, -0.2) is 20.4 Å². The smallest absolute Gasteiger partial charge is 0.276 e. The lowest BCUT2D eigenvalue weighted by atomic mass is 10.3. The van der Waals surface area contributed by atoms with E-state index in [-0.39, 0.29) is 5.91 Å². The van der Waals surface area contributed by atoms with E-state index in [4.69, 9.17) is 0 Å². The van der Waals surface area contributed by atoms with Gasteiger partial charge in [0.15, 0.2) is 0 Å². The number of pyridine rings is 1. The van der Waals surface area contributed by atoms with Crippen molar-refractivity contribution in [2.45, 2.75) is 6.92 Å². The molecule has 2 heterocycles. The number of amides is 1. The molecule has 0 radical (unpaired) electrons. The maximum absolute atomic E-state index is 12.6. The molecule has 5 nitrogen and oxygen atoms in total. The van der Waals surface area contributed by atoms with Gasteiger partial charge >= 0.3 is 0 Å². The molecule has 0 saturated carbocycles. The van der Waals surface area contributed by atoms with E-state index in [1.54, 1.807) is 6.07 Å². The van der Waals surface area contributed by atoms with Crippen molar-refractivity contribution in [2.24, 2.45) is 0 Å². The number of nitrogens with zero attached hydrogens (tertiary/aromatic N) is 3. The molecule has 25 heavy (non-hydrogen) atoms. The quantitative estimate of drug-likeness (QED) is 0.619. The van der Waals surface area contributed by atoms with Crippen LogP contribution in [0.5, 0.6) is 0 Å². The van der Waals surface area contributed by atoms with E-state index in [0.29, 0.717) is 11.6 Å². The van der Waals surface area contributed by atoms with Gasteiger partial charge in [-0.15, -0.1) is 0 Å². The van der Waals surface area contributed by atoms with Crippen LogP contribution in [0.2, 0.25) is 0 Å². The molecule has 0 bridgehead atoms. The van der Waals surface area contributed by atoms with Crippen molar-refractivity contribution in [3.05, 3.63) is 84.2 Å².